The van der Waals surface area contributed by atoms with Crippen LogP contribution in [-0.4, -0.2) is 36.9 Å². The van der Waals surface area contributed by atoms with Crippen LogP contribution in [-0.2, 0) is 6.54 Å². The van der Waals surface area contributed by atoms with Crippen molar-refractivity contribution in [3.05, 3.63) is 17.9 Å². The summed E-state index contributed by atoms with van der Waals surface area (Å²) in [6.45, 7) is 4.89. The lowest BCUT2D eigenvalue weighted by molar-refractivity contribution is 0.388. The zero-order chi connectivity index (χ0) is 13.9. The van der Waals surface area contributed by atoms with Crippen molar-refractivity contribution in [3.8, 4) is 0 Å². The van der Waals surface area contributed by atoms with Gasteiger partial charge in [-0.05, 0) is 6.92 Å². The van der Waals surface area contributed by atoms with Crippen LogP contribution in [0.4, 0.5) is 11.8 Å². The predicted molar refractivity (Wildman–Crippen MR) is 72.2 cm³/mol. The van der Waals surface area contributed by atoms with E-state index in [1.54, 1.807) is 13.1 Å². The number of aryl methyl sites for hydroxylation is 1. The zero-order valence-corrected chi connectivity index (χ0v) is 11.1. The first-order chi connectivity index (χ1) is 9.76. The molecule has 0 spiro atoms. The summed E-state index contributed by atoms with van der Waals surface area (Å²) in [7, 11) is 0. The highest BCUT2D eigenvalue weighted by Gasteiger charge is 2.10. The fourth-order valence-corrected chi connectivity index (χ4v) is 1.78. The molecule has 0 aliphatic carbocycles. The molecule has 20 heavy (non-hydrogen) atoms. The molecule has 3 rings (SSSR count). The van der Waals surface area contributed by atoms with E-state index in [2.05, 4.69) is 40.9 Å². The predicted octanol–water partition coefficient (Wildman–Crippen LogP) is 1.09. The molecule has 0 bridgehead atoms. The van der Waals surface area contributed by atoms with Crippen LogP contribution in [0.15, 0.2) is 10.7 Å². The quantitative estimate of drug-likeness (QED) is 0.632. The van der Waals surface area contributed by atoms with Crippen LogP contribution in [0.25, 0.3) is 11.0 Å². The minimum absolute atomic E-state index is 0.417. The molecule has 104 valence electrons. The van der Waals surface area contributed by atoms with E-state index in [1.165, 1.54) is 0 Å². The summed E-state index contributed by atoms with van der Waals surface area (Å²) in [6, 6.07) is 0. The summed E-state index contributed by atoms with van der Waals surface area (Å²) in [5, 5.41) is 17.7. The molecule has 0 aliphatic heterocycles. The minimum Gasteiger partial charge on any atom is -0.362 e. The molecule has 3 aromatic heterocycles. The van der Waals surface area contributed by atoms with Crippen molar-refractivity contribution in [1.29, 1.82) is 0 Å². The number of nitrogens with zero attached hydrogens (tertiary/aromatic N) is 5. The number of aromatic nitrogens is 6. The normalized spacial score (nSPS) is 10.9. The van der Waals surface area contributed by atoms with Crippen molar-refractivity contribution in [1.82, 2.24) is 30.3 Å². The van der Waals surface area contributed by atoms with Crippen molar-refractivity contribution in [2.45, 2.75) is 20.4 Å². The van der Waals surface area contributed by atoms with Gasteiger partial charge in [0, 0.05) is 13.5 Å². The topological polar surface area (TPSA) is 117 Å². The second kappa shape index (κ2) is 5.11. The van der Waals surface area contributed by atoms with E-state index in [0.717, 1.165) is 11.9 Å². The summed E-state index contributed by atoms with van der Waals surface area (Å²) in [5.41, 5.74) is 0.669. The Hall–Kier alpha value is -2.71. The number of nitrogens with one attached hydrogen (secondary N) is 3. The third kappa shape index (κ3) is 2.37. The van der Waals surface area contributed by atoms with Gasteiger partial charge in [0.15, 0.2) is 11.5 Å². The Balaban J connectivity index is 1.87. The van der Waals surface area contributed by atoms with Gasteiger partial charge in [0.1, 0.15) is 5.82 Å². The number of hydrogen-bond acceptors (Lipinski definition) is 8. The van der Waals surface area contributed by atoms with E-state index in [4.69, 9.17) is 4.52 Å². The lowest BCUT2D eigenvalue weighted by atomic mass is 10.4. The van der Waals surface area contributed by atoms with Gasteiger partial charge in [0.25, 0.3) is 0 Å². The van der Waals surface area contributed by atoms with Gasteiger partial charge in [0.2, 0.25) is 11.8 Å². The number of H-pyrrole nitrogens is 1. The molecule has 9 nitrogen and oxygen atoms in total. The molecule has 0 saturated heterocycles. The average Bonchev–Trinajstić information content (AvgIpc) is 3.05. The SMILES string of the molecule is CCNc1nc(NCc2noc(C)n2)c2cn[nH]c2n1. The Morgan fingerprint density at radius 1 is 1.25 bits per heavy atom. The Kier molecular flexibility index (Phi) is 3.15. The second-order valence-electron chi connectivity index (χ2n) is 4.14. The summed E-state index contributed by atoms with van der Waals surface area (Å²) in [6.07, 6.45) is 1.68. The van der Waals surface area contributed by atoms with E-state index >= 15 is 0 Å². The Morgan fingerprint density at radius 2 is 2.15 bits per heavy atom. The summed E-state index contributed by atoms with van der Waals surface area (Å²) < 4.78 is 4.92. The molecule has 9 heteroatoms. The van der Waals surface area contributed by atoms with Gasteiger partial charge in [-0.15, -0.1) is 0 Å². The molecule has 3 heterocycles. The van der Waals surface area contributed by atoms with Crippen LogP contribution >= 0.6 is 0 Å². The van der Waals surface area contributed by atoms with Gasteiger partial charge in [-0.3, -0.25) is 5.10 Å². The first-order valence-corrected chi connectivity index (χ1v) is 6.24. The van der Waals surface area contributed by atoms with Crippen molar-refractivity contribution < 1.29 is 4.52 Å². The number of aromatic amines is 1. The van der Waals surface area contributed by atoms with Crippen molar-refractivity contribution in [2.75, 3.05) is 17.2 Å². The lowest BCUT2D eigenvalue weighted by Gasteiger charge is -2.07. The van der Waals surface area contributed by atoms with Crippen molar-refractivity contribution in [3.63, 3.8) is 0 Å². The number of hydrogen-bond donors (Lipinski definition) is 3. The second-order valence-corrected chi connectivity index (χ2v) is 4.14. The van der Waals surface area contributed by atoms with Gasteiger partial charge in [0.05, 0.1) is 18.1 Å². The lowest BCUT2D eigenvalue weighted by Crippen LogP contribution is -2.07. The first-order valence-electron chi connectivity index (χ1n) is 6.24. The Labute approximate surface area is 114 Å². The van der Waals surface area contributed by atoms with E-state index in [0.29, 0.717) is 35.7 Å². The standard InChI is InChI=1S/C11H14N8O/c1-3-12-11-16-9(7-4-14-18-10(7)17-11)13-5-8-15-6(2)20-19-8/h4H,3,5H2,1-2H3,(H3,12,13,14,16,17,18). The highest BCUT2D eigenvalue weighted by atomic mass is 16.5. The van der Waals surface area contributed by atoms with Crippen LogP contribution < -0.4 is 10.6 Å². The number of anilines is 2. The minimum atomic E-state index is 0.417. The molecule has 0 fully saturated rings. The van der Waals surface area contributed by atoms with Crippen LogP contribution in [0.3, 0.4) is 0 Å². The van der Waals surface area contributed by atoms with Gasteiger partial charge >= 0.3 is 0 Å². The van der Waals surface area contributed by atoms with Crippen molar-refractivity contribution >= 4 is 22.8 Å². The van der Waals surface area contributed by atoms with Gasteiger partial charge in [-0.25, -0.2) is 0 Å². The van der Waals surface area contributed by atoms with E-state index in [-0.39, 0.29) is 0 Å². The van der Waals surface area contributed by atoms with E-state index < -0.39 is 0 Å². The smallest absolute Gasteiger partial charge is 0.226 e. The number of rotatable bonds is 5. The van der Waals surface area contributed by atoms with Crippen molar-refractivity contribution in [2.24, 2.45) is 0 Å². The summed E-state index contributed by atoms with van der Waals surface area (Å²) >= 11 is 0. The average molecular weight is 274 g/mol. The summed E-state index contributed by atoms with van der Waals surface area (Å²) in [5.74, 6) is 2.31. The molecular weight excluding hydrogens is 260 g/mol. The Morgan fingerprint density at radius 3 is 2.90 bits per heavy atom. The zero-order valence-electron chi connectivity index (χ0n) is 11.1. The summed E-state index contributed by atoms with van der Waals surface area (Å²) in [4.78, 5) is 12.8. The maximum absolute atomic E-state index is 4.92. The molecule has 0 amide bonds. The van der Waals surface area contributed by atoms with Gasteiger partial charge in [-0.2, -0.15) is 20.1 Å². The molecule has 0 unspecified atom stereocenters. The Bertz CT molecular complexity index is 718. The fourth-order valence-electron chi connectivity index (χ4n) is 1.78. The molecule has 0 aromatic carbocycles. The fraction of sp³-hybridized carbons (Fsp3) is 0.364. The van der Waals surface area contributed by atoms with Gasteiger partial charge in [-0.1, -0.05) is 5.16 Å². The number of fused-ring (bicyclic) bond motifs is 1. The third-order valence-corrected chi connectivity index (χ3v) is 2.63. The van der Waals surface area contributed by atoms with Crippen LogP contribution in [0.5, 0.6) is 0 Å². The molecule has 0 radical (unpaired) electrons. The molecule has 3 N–H and O–H groups in total. The molecule has 3 aromatic rings. The first kappa shape index (κ1) is 12.3. The van der Waals surface area contributed by atoms with E-state index in [9.17, 15) is 0 Å². The third-order valence-electron chi connectivity index (χ3n) is 2.63. The van der Waals surface area contributed by atoms with Gasteiger partial charge < -0.3 is 15.2 Å². The van der Waals surface area contributed by atoms with E-state index in [1.807, 2.05) is 6.92 Å². The molecule has 0 aliphatic rings. The van der Waals surface area contributed by atoms with Crippen LogP contribution in [0.2, 0.25) is 0 Å². The van der Waals surface area contributed by atoms with Crippen LogP contribution in [0, 0.1) is 6.92 Å². The largest absolute Gasteiger partial charge is 0.362 e. The maximum Gasteiger partial charge on any atom is 0.226 e. The molecule has 0 atom stereocenters. The van der Waals surface area contributed by atoms with Crippen LogP contribution in [0.1, 0.15) is 18.6 Å². The molecular formula is C11H14N8O. The maximum atomic E-state index is 4.92. The highest BCUT2D eigenvalue weighted by Crippen LogP contribution is 2.20. The monoisotopic (exact) mass is 274 g/mol. The molecule has 0 saturated carbocycles. The highest BCUT2D eigenvalue weighted by molar-refractivity contribution is 5.86.